The smallest absolute Gasteiger partial charge is 0.263 e. The van der Waals surface area contributed by atoms with Crippen molar-refractivity contribution in [3.63, 3.8) is 0 Å². The van der Waals surface area contributed by atoms with E-state index in [9.17, 15) is 28.3 Å². The van der Waals surface area contributed by atoms with E-state index in [0.29, 0.717) is 11.4 Å². The van der Waals surface area contributed by atoms with Crippen LogP contribution in [0.1, 0.15) is 16.1 Å². The fraction of sp³-hybridized carbons (Fsp3) is 0.136. The van der Waals surface area contributed by atoms with Gasteiger partial charge < -0.3 is 25.3 Å². The van der Waals surface area contributed by atoms with E-state index in [-0.39, 0.29) is 28.2 Å². The first kappa shape index (κ1) is 23.8. The first-order valence-electron chi connectivity index (χ1n) is 9.97. The Morgan fingerprint density at radius 3 is 2.60 bits per heavy atom. The highest BCUT2D eigenvalue weighted by Crippen LogP contribution is 2.35. The van der Waals surface area contributed by atoms with Gasteiger partial charge in [-0.3, -0.25) is 19.4 Å². The summed E-state index contributed by atoms with van der Waals surface area (Å²) < 4.78 is 31.6. The Morgan fingerprint density at radius 2 is 1.91 bits per heavy atom. The molecule has 3 heterocycles. The molecule has 0 aliphatic carbocycles. The molecule has 0 saturated carbocycles. The summed E-state index contributed by atoms with van der Waals surface area (Å²) in [5.41, 5.74) is 4.12. The Bertz CT molecular complexity index is 1600. The molecular weight excluding hydrogens is 486 g/mol. The van der Waals surface area contributed by atoms with Crippen molar-refractivity contribution in [2.75, 3.05) is 5.32 Å². The number of amides is 2. The van der Waals surface area contributed by atoms with Crippen molar-refractivity contribution in [2.45, 2.75) is 13.5 Å². The lowest BCUT2D eigenvalue weighted by Crippen LogP contribution is -2.20. The van der Waals surface area contributed by atoms with Crippen LogP contribution in [0.15, 0.2) is 35.6 Å². The number of rotatable bonds is 5. The van der Waals surface area contributed by atoms with E-state index in [1.165, 1.54) is 30.3 Å². The Hall–Kier alpha value is -4.32. The maximum Gasteiger partial charge on any atom is 0.263 e. The van der Waals surface area contributed by atoms with Crippen LogP contribution in [0.3, 0.4) is 0 Å². The molecule has 0 spiro atoms. The molecule has 1 aromatic carbocycles. The fourth-order valence-electron chi connectivity index (χ4n) is 3.57. The third-order valence-corrected chi connectivity index (χ3v) is 5.56. The minimum Gasteiger partial charge on any atom is -0.504 e. The number of primary amides is 1. The number of halogens is 3. The second kappa shape index (κ2) is 8.80. The zero-order valence-corrected chi connectivity index (χ0v) is 19.0. The molecule has 0 fully saturated rings. The zero-order chi connectivity index (χ0) is 25.6. The third-order valence-electron chi connectivity index (χ3n) is 5.25. The first-order valence-corrected chi connectivity index (χ1v) is 10.3. The summed E-state index contributed by atoms with van der Waals surface area (Å²) in [6, 6.07) is 2.40. The maximum absolute atomic E-state index is 14.9. The molecule has 10 nitrogen and oxygen atoms in total. The van der Waals surface area contributed by atoms with Gasteiger partial charge in [0, 0.05) is 36.3 Å². The van der Waals surface area contributed by atoms with E-state index in [1.54, 1.807) is 13.0 Å². The number of nitrogens with two attached hydrogens (primary N) is 1. The van der Waals surface area contributed by atoms with Gasteiger partial charge in [-0.05, 0) is 19.1 Å². The molecule has 0 radical (unpaired) electrons. The Balaban J connectivity index is 1.87. The van der Waals surface area contributed by atoms with Crippen LogP contribution in [-0.2, 0) is 18.4 Å². The monoisotopic (exact) mass is 502 g/mol. The molecule has 0 aliphatic rings. The summed E-state index contributed by atoms with van der Waals surface area (Å²) in [5, 5.41) is 12.5. The summed E-state index contributed by atoms with van der Waals surface area (Å²) in [6.45, 7) is 1.34. The number of carbonyl (C=O) groups is 2. The molecule has 3 aromatic heterocycles. The summed E-state index contributed by atoms with van der Waals surface area (Å²) in [5.74, 6) is -6.24. The molecule has 2 amide bonds. The molecule has 0 bridgehead atoms. The van der Waals surface area contributed by atoms with E-state index < -0.39 is 45.9 Å². The SMILES string of the molecule is Cc1cc(NC(=O)Cn2cc(-c3cc(C(N)=O)c(O)c(F)c3F)c3c(=O)n(C)cnc32)c(Cl)cn1. The van der Waals surface area contributed by atoms with Gasteiger partial charge >= 0.3 is 0 Å². The number of anilines is 1. The number of hydrogen-bond acceptors (Lipinski definition) is 6. The van der Waals surface area contributed by atoms with Gasteiger partial charge in [-0.25, -0.2) is 9.37 Å². The topological polar surface area (TPSA) is 145 Å². The van der Waals surface area contributed by atoms with Gasteiger partial charge in [0.15, 0.2) is 11.6 Å². The Kier molecular flexibility index (Phi) is 5.99. The van der Waals surface area contributed by atoms with Crippen LogP contribution in [-0.4, -0.2) is 36.0 Å². The first-order chi connectivity index (χ1) is 16.5. The maximum atomic E-state index is 14.9. The van der Waals surface area contributed by atoms with E-state index in [4.69, 9.17) is 17.3 Å². The lowest BCUT2D eigenvalue weighted by Gasteiger charge is -2.09. The van der Waals surface area contributed by atoms with Crippen LogP contribution in [0.4, 0.5) is 14.5 Å². The number of fused-ring (bicyclic) bond motifs is 1. The highest BCUT2D eigenvalue weighted by Gasteiger charge is 2.26. The number of aromatic nitrogens is 4. The normalized spacial score (nSPS) is 11.1. The van der Waals surface area contributed by atoms with E-state index in [0.717, 1.165) is 10.6 Å². The van der Waals surface area contributed by atoms with E-state index >= 15 is 0 Å². The second-order valence-electron chi connectivity index (χ2n) is 7.70. The molecule has 0 aliphatic heterocycles. The highest BCUT2D eigenvalue weighted by molar-refractivity contribution is 6.33. The largest absolute Gasteiger partial charge is 0.504 e. The summed E-state index contributed by atoms with van der Waals surface area (Å²) >= 11 is 6.07. The number of phenols is 1. The average Bonchev–Trinajstić information content (AvgIpc) is 3.15. The molecule has 0 atom stereocenters. The van der Waals surface area contributed by atoms with Gasteiger partial charge in [0.25, 0.3) is 11.5 Å². The van der Waals surface area contributed by atoms with Crippen molar-refractivity contribution in [1.82, 2.24) is 19.1 Å². The van der Waals surface area contributed by atoms with Crippen LogP contribution in [0.2, 0.25) is 5.02 Å². The minimum absolute atomic E-state index is 0.00349. The number of carbonyl (C=O) groups excluding carboxylic acids is 2. The van der Waals surface area contributed by atoms with Gasteiger partial charge in [-0.15, -0.1) is 0 Å². The lowest BCUT2D eigenvalue weighted by atomic mass is 10.0. The lowest BCUT2D eigenvalue weighted by molar-refractivity contribution is -0.116. The van der Waals surface area contributed by atoms with Crippen molar-refractivity contribution in [3.8, 4) is 16.9 Å². The molecule has 13 heteroatoms. The molecule has 4 rings (SSSR count). The summed E-state index contributed by atoms with van der Waals surface area (Å²) in [4.78, 5) is 45.5. The van der Waals surface area contributed by atoms with Crippen molar-refractivity contribution in [3.05, 3.63) is 69.1 Å². The standard InChI is InChI=1S/C22H17ClF2N6O4/c1-9-3-14(13(23)5-27-9)29-15(32)7-31-6-12(16-21(31)28-8-30(2)22(16)35)10-4-11(20(26)34)19(33)18(25)17(10)24/h3-6,8,33H,7H2,1-2H3,(H2,26,34)(H,27,29,32). The zero-order valence-electron chi connectivity index (χ0n) is 18.3. The number of hydrogen-bond donors (Lipinski definition) is 3. The Morgan fingerprint density at radius 1 is 1.20 bits per heavy atom. The average molecular weight is 503 g/mol. The molecule has 35 heavy (non-hydrogen) atoms. The Labute approximate surface area is 200 Å². The number of pyridine rings is 1. The van der Waals surface area contributed by atoms with Crippen LogP contribution in [0.25, 0.3) is 22.2 Å². The molecule has 0 saturated heterocycles. The van der Waals surface area contributed by atoms with Gasteiger partial charge in [-0.2, -0.15) is 4.39 Å². The number of nitrogens with zero attached hydrogens (tertiary/aromatic N) is 4. The predicted molar refractivity (Wildman–Crippen MR) is 123 cm³/mol. The highest BCUT2D eigenvalue weighted by atomic mass is 35.5. The summed E-state index contributed by atoms with van der Waals surface area (Å²) in [6.07, 6.45) is 3.80. The summed E-state index contributed by atoms with van der Waals surface area (Å²) in [7, 11) is 1.40. The molecule has 0 unspecified atom stereocenters. The van der Waals surface area contributed by atoms with Crippen molar-refractivity contribution < 1.29 is 23.5 Å². The second-order valence-corrected chi connectivity index (χ2v) is 8.10. The quantitative estimate of drug-likeness (QED) is 0.382. The van der Waals surface area contributed by atoms with Crippen molar-refractivity contribution >= 4 is 40.1 Å². The minimum atomic E-state index is -1.71. The number of aryl methyl sites for hydroxylation is 2. The van der Waals surface area contributed by atoms with Crippen LogP contribution in [0, 0.1) is 18.6 Å². The molecule has 4 N–H and O–H groups in total. The van der Waals surface area contributed by atoms with Gasteiger partial charge in [0.2, 0.25) is 11.7 Å². The third kappa shape index (κ3) is 4.19. The van der Waals surface area contributed by atoms with Gasteiger partial charge in [0.05, 0.1) is 28.0 Å². The molecule has 4 aromatic rings. The van der Waals surface area contributed by atoms with Crippen molar-refractivity contribution in [1.29, 1.82) is 0 Å². The van der Waals surface area contributed by atoms with Crippen LogP contribution >= 0.6 is 11.6 Å². The van der Waals surface area contributed by atoms with Crippen LogP contribution < -0.4 is 16.6 Å². The van der Waals surface area contributed by atoms with Gasteiger partial charge in [0.1, 0.15) is 12.2 Å². The predicted octanol–water partition coefficient (Wildman–Crippen LogP) is 2.48. The van der Waals surface area contributed by atoms with E-state index in [1.807, 2.05) is 0 Å². The molecular formula is C22H17ClF2N6O4. The van der Waals surface area contributed by atoms with E-state index in [2.05, 4.69) is 15.3 Å². The fourth-order valence-corrected chi connectivity index (χ4v) is 3.72. The molecule has 180 valence electrons. The van der Waals surface area contributed by atoms with Crippen molar-refractivity contribution in [2.24, 2.45) is 12.8 Å². The number of aromatic hydroxyl groups is 1. The van der Waals surface area contributed by atoms with Crippen LogP contribution in [0.5, 0.6) is 5.75 Å². The number of nitrogens with one attached hydrogen (secondary N) is 1. The number of benzene rings is 1. The van der Waals surface area contributed by atoms with Gasteiger partial charge in [-0.1, -0.05) is 11.6 Å².